The topological polar surface area (TPSA) is 0 Å². The Balaban J connectivity index is 3.12. The van der Waals surface area contributed by atoms with Crippen molar-refractivity contribution < 1.29 is 4.39 Å². The monoisotopic (exact) mass is 292 g/mol. The van der Waals surface area contributed by atoms with Gasteiger partial charge in [-0.1, -0.05) is 26.0 Å². The Morgan fingerprint density at radius 1 is 1.46 bits per heavy atom. The Hall–Kier alpha value is -0.120. The van der Waals surface area contributed by atoms with Crippen LogP contribution >= 0.6 is 22.6 Å². The van der Waals surface area contributed by atoms with Crippen LogP contribution in [0.4, 0.5) is 4.39 Å². The van der Waals surface area contributed by atoms with Crippen LogP contribution in [-0.4, -0.2) is 6.67 Å². The van der Waals surface area contributed by atoms with E-state index in [1.807, 2.05) is 19.1 Å². The molecule has 0 nitrogen and oxygen atoms in total. The zero-order chi connectivity index (χ0) is 9.84. The van der Waals surface area contributed by atoms with Crippen LogP contribution in [0.2, 0.25) is 0 Å². The van der Waals surface area contributed by atoms with Gasteiger partial charge in [-0.3, -0.25) is 4.39 Å². The van der Waals surface area contributed by atoms with Crippen LogP contribution in [0.3, 0.4) is 0 Å². The Kier molecular flexibility index (Phi) is 4.16. The van der Waals surface area contributed by atoms with Gasteiger partial charge in [0.1, 0.15) is 0 Å². The van der Waals surface area contributed by atoms with Gasteiger partial charge in [-0.25, -0.2) is 0 Å². The first-order valence-electron chi connectivity index (χ1n) is 4.54. The number of benzene rings is 1. The molecule has 0 amide bonds. The third-order valence-corrected chi connectivity index (χ3v) is 3.28. The van der Waals surface area contributed by atoms with Gasteiger partial charge in [-0.2, -0.15) is 0 Å². The van der Waals surface area contributed by atoms with Crippen molar-refractivity contribution in [3.63, 3.8) is 0 Å². The van der Waals surface area contributed by atoms with Gasteiger partial charge in [0, 0.05) is 9.49 Å². The van der Waals surface area contributed by atoms with Crippen molar-refractivity contribution in [1.82, 2.24) is 0 Å². The van der Waals surface area contributed by atoms with Crippen molar-refractivity contribution in [1.29, 1.82) is 0 Å². The molecule has 0 saturated heterocycles. The molecule has 0 radical (unpaired) electrons. The molecule has 0 aliphatic carbocycles. The van der Waals surface area contributed by atoms with E-state index >= 15 is 0 Å². The second-order valence-electron chi connectivity index (χ2n) is 3.22. The molecular weight excluding hydrogens is 278 g/mol. The number of halogens is 2. The smallest absolute Gasteiger partial charge is 0.0960 e. The second kappa shape index (κ2) is 4.94. The number of rotatable bonds is 3. The van der Waals surface area contributed by atoms with Crippen LogP contribution in [0.15, 0.2) is 18.2 Å². The maximum atomic E-state index is 12.5. The minimum Gasteiger partial charge on any atom is -0.250 e. The van der Waals surface area contributed by atoms with Gasteiger partial charge in [0.2, 0.25) is 0 Å². The van der Waals surface area contributed by atoms with E-state index in [0.717, 1.165) is 12.0 Å². The summed E-state index contributed by atoms with van der Waals surface area (Å²) in [5, 5.41) is 0. The average molecular weight is 292 g/mol. The van der Waals surface area contributed by atoms with Gasteiger partial charge in [0.05, 0.1) is 6.67 Å². The molecule has 1 unspecified atom stereocenters. The molecule has 0 saturated carbocycles. The highest BCUT2D eigenvalue weighted by Gasteiger charge is 2.10. The summed E-state index contributed by atoms with van der Waals surface area (Å²) in [5.74, 6) is 0.0321. The Morgan fingerprint density at radius 3 is 2.69 bits per heavy atom. The second-order valence-corrected chi connectivity index (χ2v) is 4.38. The molecule has 0 aliphatic rings. The summed E-state index contributed by atoms with van der Waals surface area (Å²) >= 11 is 2.31. The van der Waals surface area contributed by atoms with E-state index in [4.69, 9.17) is 0 Å². The van der Waals surface area contributed by atoms with E-state index in [-0.39, 0.29) is 12.6 Å². The van der Waals surface area contributed by atoms with Crippen molar-refractivity contribution in [2.45, 2.75) is 26.2 Å². The van der Waals surface area contributed by atoms with Crippen molar-refractivity contribution in [3.8, 4) is 0 Å². The van der Waals surface area contributed by atoms with E-state index in [2.05, 4.69) is 35.6 Å². The quantitative estimate of drug-likeness (QED) is 0.741. The molecule has 0 fully saturated rings. The van der Waals surface area contributed by atoms with Gasteiger partial charge >= 0.3 is 0 Å². The predicted molar refractivity (Wildman–Crippen MR) is 62.9 cm³/mol. The molecule has 1 atom stereocenters. The van der Waals surface area contributed by atoms with Crippen molar-refractivity contribution in [2.75, 3.05) is 6.67 Å². The fraction of sp³-hybridized carbons (Fsp3) is 0.455. The number of alkyl halides is 1. The van der Waals surface area contributed by atoms with E-state index in [1.54, 1.807) is 0 Å². The fourth-order valence-electron chi connectivity index (χ4n) is 1.49. The van der Waals surface area contributed by atoms with E-state index < -0.39 is 0 Å². The molecule has 0 bridgehead atoms. The molecule has 0 N–H and O–H groups in total. The van der Waals surface area contributed by atoms with E-state index in [1.165, 1.54) is 9.13 Å². The normalized spacial score (nSPS) is 12.9. The van der Waals surface area contributed by atoms with Crippen LogP contribution in [0.1, 0.15) is 30.9 Å². The van der Waals surface area contributed by atoms with Crippen molar-refractivity contribution >= 4 is 22.6 Å². The minimum atomic E-state index is -0.271. The van der Waals surface area contributed by atoms with E-state index in [9.17, 15) is 4.39 Å². The van der Waals surface area contributed by atoms with Crippen LogP contribution in [0, 0.1) is 3.57 Å². The average Bonchev–Trinajstić information content (AvgIpc) is 2.16. The third kappa shape index (κ3) is 2.42. The summed E-state index contributed by atoms with van der Waals surface area (Å²) in [6.07, 6.45) is 0.985. The summed E-state index contributed by atoms with van der Waals surface area (Å²) in [6, 6.07) is 6.11. The molecule has 0 aliphatic heterocycles. The highest BCUT2D eigenvalue weighted by atomic mass is 127. The van der Waals surface area contributed by atoms with Crippen LogP contribution in [0.25, 0.3) is 0 Å². The van der Waals surface area contributed by atoms with E-state index in [0.29, 0.717) is 0 Å². The van der Waals surface area contributed by atoms with Gasteiger partial charge in [0.25, 0.3) is 0 Å². The summed E-state index contributed by atoms with van der Waals surface area (Å²) in [4.78, 5) is 0. The zero-order valence-corrected chi connectivity index (χ0v) is 10.1. The lowest BCUT2D eigenvalue weighted by atomic mass is 9.95. The number of hydrogen-bond acceptors (Lipinski definition) is 0. The molecule has 2 heteroatoms. The maximum Gasteiger partial charge on any atom is 0.0960 e. The molecule has 0 spiro atoms. The minimum absolute atomic E-state index is 0.0321. The van der Waals surface area contributed by atoms with Crippen LogP contribution < -0.4 is 0 Å². The highest BCUT2D eigenvalue weighted by molar-refractivity contribution is 14.1. The Labute approximate surface area is 92.7 Å². The maximum absolute atomic E-state index is 12.5. The Bertz CT molecular complexity index is 283. The standard InChI is InChI=1S/C11H14FI/c1-3-9-10(8(2)7-12)5-4-6-11(9)13/h4-6,8H,3,7H2,1-2H3. The molecule has 1 aromatic carbocycles. The van der Waals surface area contributed by atoms with Crippen LogP contribution in [-0.2, 0) is 6.42 Å². The summed E-state index contributed by atoms with van der Waals surface area (Å²) < 4.78 is 13.8. The summed E-state index contributed by atoms with van der Waals surface area (Å²) in [7, 11) is 0. The number of hydrogen-bond donors (Lipinski definition) is 0. The highest BCUT2D eigenvalue weighted by Crippen LogP contribution is 2.24. The van der Waals surface area contributed by atoms with Crippen molar-refractivity contribution in [2.24, 2.45) is 0 Å². The molecule has 72 valence electrons. The van der Waals surface area contributed by atoms with Gasteiger partial charge in [-0.15, -0.1) is 0 Å². The molecule has 0 aromatic heterocycles. The lowest BCUT2D eigenvalue weighted by molar-refractivity contribution is 0.446. The summed E-state index contributed by atoms with van der Waals surface area (Å²) in [5.41, 5.74) is 2.46. The van der Waals surface area contributed by atoms with Gasteiger partial charge < -0.3 is 0 Å². The first-order chi connectivity index (χ1) is 6.20. The lowest BCUT2D eigenvalue weighted by Crippen LogP contribution is -2.02. The van der Waals surface area contributed by atoms with Crippen LogP contribution in [0.5, 0.6) is 0 Å². The summed E-state index contributed by atoms with van der Waals surface area (Å²) in [6.45, 7) is 3.78. The lowest BCUT2D eigenvalue weighted by Gasteiger charge is -2.13. The fourth-order valence-corrected chi connectivity index (χ4v) is 2.39. The molecule has 1 aromatic rings. The molecule has 0 heterocycles. The predicted octanol–water partition coefficient (Wildman–Crippen LogP) is 3.93. The van der Waals surface area contributed by atoms with Crippen molar-refractivity contribution in [3.05, 3.63) is 32.9 Å². The molecular formula is C11H14FI. The Morgan fingerprint density at radius 2 is 2.15 bits per heavy atom. The zero-order valence-electron chi connectivity index (χ0n) is 7.98. The molecule has 13 heavy (non-hydrogen) atoms. The third-order valence-electron chi connectivity index (χ3n) is 2.27. The van der Waals surface area contributed by atoms with Gasteiger partial charge in [0.15, 0.2) is 0 Å². The van der Waals surface area contributed by atoms with Gasteiger partial charge in [-0.05, 0) is 46.2 Å². The largest absolute Gasteiger partial charge is 0.250 e. The molecule has 1 rings (SSSR count). The first kappa shape index (κ1) is 11.0. The SMILES string of the molecule is CCc1c(I)cccc1C(C)CF. The first-order valence-corrected chi connectivity index (χ1v) is 5.61.